The van der Waals surface area contributed by atoms with Crippen LogP contribution >= 0.6 is 0 Å². The first-order chi connectivity index (χ1) is 9.70. The molecule has 4 nitrogen and oxygen atoms in total. The molecule has 1 fully saturated rings. The van der Waals surface area contributed by atoms with Crippen LogP contribution in [0.1, 0.15) is 35.7 Å². The number of carbonyl (C=O) groups excluding carboxylic acids is 2. The molecule has 1 aliphatic rings. The molecular weight excluding hydrogens is 254 g/mol. The first-order valence-corrected chi connectivity index (χ1v) is 7.23. The van der Waals surface area contributed by atoms with Crippen LogP contribution in [0.3, 0.4) is 0 Å². The van der Waals surface area contributed by atoms with Crippen molar-refractivity contribution in [1.82, 2.24) is 4.90 Å². The van der Waals surface area contributed by atoms with Gasteiger partial charge in [-0.25, -0.2) is 4.79 Å². The number of ketones is 1. The third-order valence-electron chi connectivity index (χ3n) is 3.59. The molecule has 0 saturated carbocycles. The highest BCUT2D eigenvalue weighted by molar-refractivity contribution is 6.40. The predicted molar refractivity (Wildman–Crippen MR) is 76.8 cm³/mol. The maximum atomic E-state index is 11.7. The van der Waals surface area contributed by atoms with Gasteiger partial charge in [0.15, 0.2) is 0 Å². The highest BCUT2D eigenvalue weighted by Crippen LogP contribution is 2.11. The Labute approximate surface area is 119 Å². The molecule has 0 amide bonds. The number of carbonyl (C=O) groups is 2. The first-order valence-electron chi connectivity index (χ1n) is 7.23. The molecule has 20 heavy (non-hydrogen) atoms. The Hall–Kier alpha value is -1.68. The van der Waals surface area contributed by atoms with Crippen molar-refractivity contribution in [3.8, 4) is 0 Å². The number of nitrogens with zero attached hydrogens (tertiary/aromatic N) is 1. The fourth-order valence-corrected chi connectivity index (χ4v) is 2.43. The van der Waals surface area contributed by atoms with Crippen molar-refractivity contribution in [2.75, 3.05) is 26.2 Å². The van der Waals surface area contributed by atoms with Gasteiger partial charge >= 0.3 is 5.97 Å². The zero-order valence-electron chi connectivity index (χ0n) is 11.9. The van der Waals surface area contributed by atoms with E-state index in [1.807, 2.05) is 12.1 Å². The molecular formula is C16H21NO3. The van der Waals surface area contributed by atoms with E-state index in [-0.39, 0.29) is 6.61 Å². The average molecular weight is 275 g/mol. The normalized spacial score (nSPS) is 15.2. The minimum atomic E-state index is -0.780. The smallest absolute Gasteiger partial charge is 0.379 e. The lowest BCUT2D eigenvalue weighted by molar-refractivity contribution is -0.137. The van der Waals surface area contributed by atoms with E-state index in [9.17, 15) is 9.59 Å². The van der Waals surface area contributed by atoms with Crippen LogP contribution in [0.15, 0.2) is 24.3 Å². The Bertz CT molecular complexity index is 461. The number of Topliss-reactive ketones (excluding diaryl/α,β-unsaturated/α-hetero) is 1. The zero-order chi connectivity index (χ0) is 14.4. The summed E-state index contributed by atoms with van der Waals surface area (Å²) in [5.74, 6) is -1.35. The summed E-state index contributed by atoms with van der Waals surface area (Å²) in [5.41, 5.74) is 1.59. The Kier molecular flexibility index (Phi) is 5.30. The van der Waals surface area contributed by atoms with Crippen molar-refractivity contribution in [3.63, 3.8) is 0 Å². The summed E-state index contributed by atoms with van der Waals surface area (Å²) in [4.78, 5) is 25.5. The summed E-state index contributed by atoms with van der Waals surface area (Å²) >= 11 is 0. The van der Waals surface area contributed by atoms with Crippen molar-refractivity contribution in [3.05, 3.63) is 35.4 Å². The van der Waals surface area contributed by atoms with E-state index >= 15 is 0 Å². The zero-order valence-corrected chi connectivity index (χ0v) is 11.9. The van der Waals surface area contributed by atoms with Crippen molar-refractivity contribution in [2.24, 2.45) is 0 Å². The number of benzene rings is 1. The van der Waals surface area contributed by atoms with Crippen LogP contribution in [-0.4, -0.2) is 42.9 Å². The number of likely N-dealkylation sites (tertiary alicyclic amines) is 1. The van der Waals surface area contributed by atoms with E-state index in [1.54, 1.807) is 19.1 Å². The van der Waals surface area contributed by atoms with Crippen molar-refractivity contribution in [1.29, 1.82) is 0 Å². The van der Waals surface area contributed by atoms with E-state index in [4.69, 9.17) is 4.74 Å². The molecule has 0 bridgehead atoms. The second kappa shape index (κ2) is 7.20. The van der Waals surface area contributed by atoms with Crippen molar-refractivity contribution < 1.29 is 14.3 Å². The Morgan fingerprint density at radius 3 is 2.40 bits per heavy atom. The van der Waals surface area contributed by atoms with Crippen LogP contribution in [0.2, 0.25) is 0 Å². The summed E-state index contributed by atoms with van der Waals surface area (Å²) in [6.45, 7) is 5.36. The maximum Gasteiger partial charge on any atom is 0.379 e. The molecule has 0 spiro atoms. The minimum Gasteiger partial charge on any atom is -0.460 e. The molecule has 1 aromatic rings. The van der Waals surface area contributed by atoms with E-state index in [0.29, 0.717) is 5.56 Å². The quantitative estimate of drug-likeness (QED) is 0.453. The number of hydrogen-bond donors (Lipinski definition) is 0. The molecule has 0 radical (unpaired) electrons. The van der Waals surface area contributed by atoms with Crippen molar-refractivity contribution in [2.45, 2.75) is 26.2 Å². The fraction of sp³-hybridized carbons (Fsp3) is 0.500. The minimum absolute atomic E-state index is 0.221. The van der Waals surface area contributed by atoms with Crippen molar-refractivity contribution >= 4 is 11.8 Å². The summed E-state index contributed by atoms with van der Waals surface area (Å²) in [5, 5.41) is 0. The number of ether oxygens (including phenoxy) is 1. The molecule has 0 N–H and O–H groups in total. The lowest BCUT2D eigenvalue weighted by atomic mass is 10.1. The lowest BCUT2D eigenvalue weighted by Crippen LogP contribution is -2.22. The molecule has 1 saturated heterocycles. The van der Waals surface area contributed by atoms with Gasteiger partial charge in [-0.15, -0.1) is 0 Å². The van der Waals surface area contributed by atoms with Crippen LogP contribution < -0.4 is 0 Å². The molecule has 108 valence electrons. The van der Waals surface area contributed by atoms with Gasteiger partial charge in [-0.3, -0.25) is 4.79 Å². The molecule has 4 heteroatoms. The van der Waals surface area contributed by atoms with E-state index in [2.05, 4.69) is 4.90 Å². The average Bonchev–Trinajstić information content (AvgIpc) is 2.98. The highest BCUT2D eigenvalue weighted by atomic mass is 16.5. The molecule has 1 aromatic carbocycles. The predicted octanol–water partition coefficient (Wildman–Crippen LogP) is 2.07. The summed E-state index contributed by atoms with van der Waals surface area (Å²) in [6.07, 6.45) is 3.58. The largest absolute Gasteiger partial charge is 0.460 e. The van der Waals surface area contributed by atoms with Crippen LogP contribution in [0.25, 0.3) is 0 Å². The van der Waals surface area contributed by atoms with Gasteiger partial charge in [0, 0.05) is 12.1 Å². The van der Waals surface area contributed by atoms with Gasteiger partial charge in [-0.1, -0.05) is 24.3 Å². The molecule has 1 aliphatic heterocycles. The second-order valence-corrected chi connectivity index (χ2v) is 5.05. The molecule has 0 aromatic heterocycles. The number of rotatable bonds is 6. The molecule has 0 aliphatic carbocycles. The standard InChI is InChI=1S/C16H21NO3/c1-2-20-16(19)15(18)14-7-5-13(6-8-14)9-12-17-10-3-4-11-17/h5-8H,2-4,9-12H2,1H3. The van der Waals surface area contributed by atoms with Gasteiger partial charge in [0.05, 0.1) is 6.61 Å². The lowest BCUT2D eigenvalue weighted by Gasteiger charge is -2.14. The van der Waals surface area contributed by atoms with Gasteiger partial charge < -0.3 is 9.64 Å². The Morgan fingerprint density at radius 2 is 1.80 bits per heavy atom. The molecule has 0 unspecified atom stereocenters. The number of esters is 1. The SMILES string of the molecule is CCOC(=O)C(=O)c1ccc(CCN2CCCC2)cc1. The maximum absolute atomic E-state index is 11.7. The molecule has 1 heterocycles. The second-order valence-electron chi connectivity index (χ2n) is 5.05. The fourth-order valence-electron chi connectivity index (χ4n) is 2.43. The summed E-state index contributed by atoms with van der Waals surface area (Å²) in [6, 6.07) is 7.25. The van der Waals surface area contributed by atoms with Gasteiger partial charge in [0.2, 0.25) is 0 Å². The van der Waals surface area contributed by atoms with Gasteiger partial charge in [-0.05, 0) is 44.8 Å². The van der Waals surface area contributed by atoms with E-state index in [1.165, 1.54) is 31.5 Å². The van der Waals surface area contributed by atoms with E-state index < -0.39 is 11.8 Å². The number of hydrogen-bond acceptors (Lipinski definition) is 4. The van der Waals surface area contributed by atoms with Crippen LogP contribution in [0.5, 0.6) is 0 Å². The van der Waals surface area contributed by atoms with Gasteiger partial charge in [0.25, 0.3) is 5.78 Å². The van der Waals surface area contributed by atoms with Crippen LogP contribution in [0, 0.1) is 0 Å². The van der Waals surface area contributed by atoms with Gasteiger partial charge in [0.1, 0.15) is 0 Å². The molecule has 2 rings (SSSR count). The van der Waals surface area contributed by atoms with Crippen LogP contribution in [-0.2, 0) is 16.0 Å². The molecule has 0 atom stereocenters. The highest BCUT2D eigenvalue weighted by Gasteiger charge is 2.17. The third-order valence-corrected chi connectivity index (χ3v) is 3.59. The monoisotopic (exact) mass is 275 g/mol. The Balaban J connectivity index is 1.88. The third kappa shape index (κ3) is 3.90. The van der Waals surface area contributed by atoms with Crippen LogP contribution in [0.4, 0.5) is 0 Å². The summed E-state index contributed by atoms with van der Waals surface area (Å²) < 4.78 is 4.71. The first kappa shape index (κ1) is 14.7. The van der Waals surface area contributed by atoms with E-state index in [0.717, 1.165) is 13.0 Å². The topological polar surface area (TPSA) is 46.6 Å². The van der Waals surface area contributed by atoms with Gasteiger partial charge in [-0.2, -0.15) is 0 Å². The Morgan fingerprint density at radius 1 is 1.15 bits per heavy atom. The summed E-state index contributed by atoms with van der Waals surface area (Å²) in [7, 11) is 0.